The summed E-state index contributed by atoms with van der Waals surface area (Å²) >= 11 is 0. The third-order valence-electron chi connectivity index (χ3n) is 3.58. The Morgan fingerprint density at radius 3 is 2.38 bits per heavy atom. The number of carbonyl (C=O) groups excluding carboxylic acids is 2. The number of carbonyl (C=O) groups is 2. The van der Waals surface area contributed by atoms with E-state index in [2.05, 4.69) is 4.98 Å². The maximum Gasteiger partial charge on any atom is 0.355 e. The second kappa shape index (κ2) is 5.95. The van der Waals surface area contributed by atoms with Crippen molar-refractivity contribution in [1.29, 1.82) is 0 Å². The molecule has 1 aromatic heterocycles. The number of hydrogen-bond donors (Lipinski definition) is 1. The van der Waals surface area contributed by atoms with E-state index in [-0.39, 0.29) is 5.78 Å². The molecule has 0 amide bonds. The average molecular weight is 285 g/mol. The fourth-order valence-corrected chi connectivity index (χ4v) is 2.18. The average Bonchev–Trinajstić information content (AvgIpc) is 2.96. The first-order valence-electron chi connectivity index (χ1n) is 6.86. The van der Waals surface area contributed by atoms with Gasteiger partial charge in [-0.1, -0.05) is 6.07 Å². The number of Topliss-reactive ketones (excluding diaryl/α,β-unsaturated/α-hetero) is 1. The van der Waals surface area contributed by atoms with E-state index < -0.39 is 12.1 Å². The molecule has 0 bridgehead atoms. The highest BCUT2D eigenvalue weighted by Crippen LogP contribution is 2.18. The zero-order valence-corrected chi connectivity index (χ0v) is 12.7. The van der Waals surface area contributed by atoms with Gasteiger partial charge in [0.05, 0.1) is 0 Å². The Morgan fingerprint density at radius 1 is 1.10 bits per heavy atom. The molecule has 0 aliphatic heterocycles. The largest absolute Gasteiger partial charge is 0.450 e. The fourth-order valence-electron chi connectivity index (χ4n) is 2.18. The van der Waals surface area contributed by atoms with Gasteiger partial charge in [0.25, 0.3) is 0 Å². The number of hydrogen-bond acceptors (Lipinski definition) is 3. The Kier molecular flexibility index (Phi) is 4.26. The minimum atomic E-state index is -0.818. The van der Waals surface area contributed by atoms with Gasteiger partial charge in [0.15, 0.2) is 6.10 Å². The molecule has 0 aliphatic rings. The van der Waals surface area contributed by atoms with Gasteiger partial charge in [0.1, 0.15) is 5.69 Å². The molecular weight excluding hydrogens is 266 g/mol. The fraction of sp³-hybridized carbons (Fsp3) is 0.294. The number of rotatable bonds is 4. The van der Waals surface area contributed by atoms with Crippen LogP contribution in [0.3, 0.4) is 0 Å². The molecule has 1 N–H and O–H groups in total. The lowest BCUT2D eigenvalue weighted by Crippen LogP contribution is -2.25. The Hall–Kier alpha value is -2.36. The monoisotopic (exact) mass is 285 g/mol. The summed E-state index contributed by atoms with van der Waals surface area (Å²) < 4.78 is 5.22. The molecule has 0 fully saturated rings. The number of benzene rings is 1. The van der Waals surface area contributed by atoms with Crippen molar-refractivity contribution in [3.63, 3.8) is 0 Å². The van der Waals surface area contributed by atoms with Crippen molar-refractivity contribution in [3.05, 3.63) is 58.4 Å². The van der Waals surface area contributed by atoms with Gasteiger partial charge >= 0.3 is 5.97 Å². The first-order valence-corrected chi connectivity index (χ1v) is 6.86. The Balaban J connectivity index is 2.16. The van der Waals surface area contributed by atoms with E-state index in [0.29, 0.717) is 11.3 Å². The summed E-state index contributed by atoms with van der Waals surface area (Å²) in [7, 11) is 0. The summed E-state index contributed by atoms with van der Waals surface area (Å²) in [5.41, 5.74) is 4.02. The van der Waals surface area contributed by atoms with E-state index in [1.807, 2.05) is 32.9 Å². The topological polar surface area (TPSA) is 59.2 Å². The molecule has 2 aromatic rings. The molecule has 0 unspecified atom stereocenters. The molecule has 4 heteroatoms. The Bertz CT molecular complexity index is 672. The summed E-state index contributed by atoms with van der Waals surface area (Å²) in [6, 6.07) is 7.14. The molecule has 1 atom stereocenters. The van der Waals surface area contributed by atoms with Crippen LogP contribution in [-0.2, 0) is 4.74 Å². The van der Waals surface area contributed by atoms with Gasteiger partial charge in [0.2, 0.25) is 5.78 Å². The highest BCUT2D eigenvalue weighted by molar-refractivity contribution is 6.02. The van der Waals surface area contributed by atoms with Crippen molar-refractivity contribution in [3.8, 4) is 0 Å². The number of ketones is 1. The van der Waals surface area contributed by atoms with Gasteiger partial charge in [0, 0.05) is 11.8 Å². The summed E-state index contributed by atoms with van der Waals surface area (Å²) in [6.45, 7) is 7.45. The molecule has 0 saturated heterocycles. The highest BCUT2D eigenvalue weighted by Gasteiger charge is 2.22. The van der Waals surface area contributed by atoms with Crippen LogP contribution < -0.4 is 0 Å². The number of H-pyrrole nitrogens is 1. The van der Waals surface area contributed by atoms with Crippen molar-refractivity contribution in [2.45, 2.75) is 33.8 Å². The van der Waals surface area contributed by atoms with Crippen LogP contribution in [0.4, 0.5) is 0 Å². The summed E-state index contributed by atoms with van der Waals surface area (Å²) in [4.78, 5) is 27.1. The van der Waals surface area contributed by atoms with E-state index in [4.69, 9.17) is 4.74 Å². The molecule has 0 spiro atoms. The van der Waals surface area contributed by atoms with E-state index >= 15 is 0 Å². The molecule has 4 nitrogen and oxygen atoms in total. The Labute approximate surface area is 124 Å². The van der Waals surface area contributed by atoms with Crippen LogP contribution in [0.25, 0.3) is 0 Å². The molecule has 21 heavy (non-hydrogen) atoms. The minimum Gasteiger partial charge on any atom is -0.450 e. The molecule has 0 aliphatic carbocycles. The molecule has 1 aromatic carbocycles. The second-order valence-electron chi connectivity index (χ2n) is 5.25. The Morgan fingerprint density at radius 2 is 1.76 bits per heavy atom. The lowest BCUT2D eigenvalue weighted by Gasteiger charge is -2.14. The number of ether oxygens (including phenoxy) is 1. The van der Waals surface area contributed by atoms with Crippen LogP contribution in [-0.4, -0.2) is 22.8 Å². The van der Waals surface area contributed by atoms with Crippen molar-refractivity contribution in [2.75, 3.05) is 0 Å². The maximum atomic E-state index is 12.4. The van der Waals surface area contributed by atoms with Crippen LogP contribution in [0, 0.1) is 20.8 Å². The zero-order valence-electron chi connectivity index (χ0n) is 12.7. The molecule has 110 valence electrons. The van der Waals surface area contributed by atoms with E-state index in [0.717, 1.165) is 16.7 Å². The minimum absolute atomic E-state index is 0.185. The molecule has 2 rings (SSSR count). The predicted octanol–water partition coefficient (Wildman–Crippen LogP) is 3.37. The standard InChI is InChI=1S/C17H19NO3/c1-10-8-12(3)14(9-11(10)2)16(19)13(4)21-17(20)15-6-5-7-18-15/h5-9,13,18H,1-4H3/t13-/m0/s1. The SMILES string of the molecule is Cc1cc(C)c(C(=O)[C@H](C)OC(=O)c2ccc[nH]2)cc1C. The van der Waals surface area contributed by atoms with Gasteiger partial charge in [-0.15, -0.1) is 0 Å². The van der Waals surface area contributed by atoms with Crippen molar-refractivity contribution in [1.82, 2.24) is 4.98 Å². The molecule has 0 saturated carbocycles. The maximum absolute atomic E-state index is 12.4. The molecule has 0 radical (unpaired) electrons. The van der Waals surface area contributed by atoms with Gasteiger partial charge in [-0.2, -0.15) is 0 Å². The van der Waals surface area contributed by atoms with Gasteiger partial charge in [-0.3, -0.25) is 4.79 Å². The lowest BCUT2D eigenvalue weighted by molar-refractivity contribution is 0.0313. The third kappa shape index (κ3) is 3.21. The van der Waals surface area contributed by atoms with E-state index in [1.165, 1.54) is 0 Å². The quantitative estimate of drug-likeness (QED) is 0.692. The van der Waals surface area contributed by atoms with Crippen LogP contribution in [0.5, 0.6) is 0 Å². The first kappa shape index (κ1) is 15.0. The number of aryl methyl sites for hydroxylation is 3. The van der Waals surface area contributed by atoms with Crippen molar-refractivity contribution in [2.24, 2.45) is 0 Å². The normalized spacial score (nSPS) is 12.0. The van der Waals surface area contributed by atoms with Crippen LogP contribution in [0.15, 0.2) is 30.5 Å². The first-order chi connectivity index (χ1) is 9.90. The number of aromatic amines is 1. The van der Waals surface area contributed by atoms with Crippen molar-refractivity contribution < 1.29 is 14.3 Å². The van der Waals surface area contributed by atoms with E-state index in [9.17, 15) is 9.59 Å². The number of esters is 1. The second-order valence-corrected chi connectivity index (χ2v) is 5.25. The molecular formula is C17H19NO3. The van der Waals surface area contributed by atoms with E-state index in [1.54, 1.807) is 25.3 Å². The third-order valence-corrected chi connectivity index (χ3v) is 3.58. The highest BCUT2D eigenvalue weighted by atomic mass is 16.5. The number of aromatic nitrogens is 1. The van der Waals surface area contributed by atoms with Gasteiger partial charge in [-0.05, 0) is 62.6 Å². The van der Waals surface area contributed by atoms with Crippen molar-refractivity contribution >= 4 is 11.8 Å². The number of nitrogens with one attached hydrogen (secondary N) is 1. The summed E-state index contributed by atoms with van der Waals surface area (Å²) in [5, 5.41) is 0. The molecule has 1 heterocycles. The summed E-state index contributed by atoms with van der Waals surface area (Å²) in [6.07, 6.45) is 0.818. The lowest BCUT2D eigenvalue weighted by atomic mass is 9.96. The summed E-state index contributed by atoms with van der Waals surface area (Å²) in [5.74, 6) is -0.710. The van der Waals surface area contributed by atoms with Crippen LogP contribution >= 0.6 is 0 Å². The van der Waals surface area contributed by atoms with Crippen LogP contribution in [0.1, 0.15) is 44.5 Å². The zero-order chi connectivity index (χ0) is 15.6. The smallest absolute Gasteiger partial charge is 0.355 e. The van der Waals surface area contributed by atoms with Crippen LogP contribution in [0.2, 0.25) is 0 Å². The predicted molar refractivity (Wildman–Crippen MR) is 80.7 cm³/mol. The van der Waals surface area contributed by atoms with Gasteiger partial charge < -0.3 is 9.72 Å². The van der Waals surface area contributed by atoms with Gasteiger partial charge in [-0.25, -0.2) is 4.79 Å².